The number of carbonyl (C=O) groups is 6. The summed E-state index contributed by atoms with van der Waals surface area (Å²) in [7, 11) is 0. The van der Waals surface area contributed by atoms with E-state index in [1.165, 1.54) is 32.3 Å². The number of ether oxygens (including phenoxy) is 5. The number of imidazole rings is 1. The normalized spacial score (nSPS) is 28.9. The maximum absolute atomic E-state index is 15.5. The second kappa shape index (κ2) is 19.9. The molecule has 0 spiro atoms. The Bertz CT molecular complexity index is 2980. The van der Waals surface area contributed by atoms with Crippen molar-refractivity contribution in [3.63, 3.8) is 0 Å². The molecule has 3 aliphatic carbocycles. The van der Waals surface area contributed by atoms with Crippen LogP contribution in [-0.4, -0.2) is 125 Å². The van der Waals surface area contributed by atoms with Gasteiger partial charge in [-0.3, -0.25) is 19.2 Å². The number of hydrogen-bond donors (Lipinski definition) is 6. The van der Waals surface area contributed by atoms with Crippen molar-refractivity contribution in [1.29, 1.82) is 0 Å². The molecule has 72 heavy (non-hydrogen) atoms. The number of nitrogens with zero attached hydrogens (tertiary/aromatic N) is 2. The van der Waals surface area contributed by atoms with E-state index in [1.807, 2.05) is 0 Å². The van der Waals surface area contributed by atoms with Gasteiger partial charge < -0.3 is 54.3 Å². The first kappa shape index (κ1) is 51.4. The van der Waals surface area contributed by atoms with Crippen LogP contribution < -0.4 is 5.32 Å². The minimum atomic E-state index is -2.39. The molecule has 378 valence electrons. The number of aromatic nitrogens is 4. The van der Waals surface area contributed by atoms with E-state index in [2.05, 4.69) is 25.3 Å². The monoisotopic (exact) mass is 1010 g/mol. The Morgan fingerprint density at radius 2 is 1.46 bits per heavy atom. The van der Waals surface area contributed by atoms with E-state index in [1.54, 1.807) is 99.0 Å². The average molecular weight is 1010 g/mol. The van der Waals surface area contributed by atoms with Crippen LogP contribution in [0.4, 0.5) is 0 Å². The number of rotatable bonds is 10. The molecule has 6 N–H and O–H groups in total. The molecule has 0 radical (unpaired) electrons. The molecule has 20 heteroatoms. The van der Waals surface area contributed by atoms with Crippen LogP contribution in [0.15, 0.2) is 115 Å². The van der Waals surface area contributed by atoms with Gasteiger partial charge in [0.05, 0.1) is 48.3 Å². The number of benzene rings is 3. The van der Waals surface area contributed by atoms with Gasteiger partial charge in [0.15, 0.2) is 33.9 Å². The number of fused-ring (bicyclic) bond motifs is 6. The Kier molecular flexibility index (Phi) is 14.2. The lowest BCUT2D eigenvalue weighted by atomic mass is 9.44. The summed E-state index contributed by atoms with van der Waals surface area (Å²) in [6.45, 7) is 7.97. The molecule has 1 aliphatic heterocycles. The zero-order valence-corrected chi connectivity index (χ0v) is 41.0. The van der Waals surface area contributed by atoms with Crippen LogP contribution in [0.3, 0.4) is 0 Å². The third-order valence-corrected chi connectivity index (χ3v) is 15.0. The topological polar surface area (TPSA) is 279 Å². The Hall–Kier alpha value is -6.97. The maximum atomic E-state index is 15.5. The molecule has 1 saturated heterocycles. The molecular weight excluding hydrogens is 951 g/mol. The largest absolute Gasteiger partial charge is 0.456 e. The Morgan fingerprint density at radius 3 is 2.04 bits per heavy atom. The lowest BCUT2D eigenvalue weighted by Crippen LogP contribution is -2.82. The van der Waals surface area contributed by atoms with Crippen LogP contribution in [0.25, 0.3) is 11.2 Å². The first-order valence-electron chi connectivity index (χ1n) is 23.2. The first-order chi connectivity index (χ1) is 34.1. The highest BCUT2D eigenvalue weighted by Gasteiger charge is 2.78. The standard InChI is InChI=1S/C47H51NO14.C5H4N4S/c1-25-31(60-43(56)36(52)35(28-16-10-7-11-17-28)48-41(54)29-18-12-8-13-19-29)23-47(57)40(61-42(55)30-20-14-9-15-21-30)38-45(6,32(51)22-33-46(38,24-58-33)62-27(3)50)39(53)37(59-26(2)49)34(25)44(47,4)5;10-5-3-4(7-1-6-3)8-2-9-5/h7-21,31-33,35-38,40,51-52,57H,22-24H2,1-6H3,(H,48,54);1-2H,(H2,6,7,8,9,10)/t31-,32-,33+,35-,36+,37+,38-,40-,45+,46-,47+;/m0./s1. The zero-order valence-electron chi connectivity index (χ0n) is 40.2. The highest BCUT2D eigenvalue weighted by molar-refractivity contribution is 7.71. The Balaban J connectivity index is 0.000000612. The fourth-order valence-corrected chi connectivity index (χ4v) is 11.2. The molecule has 9 rings (SSSR count). The van der Waals surface area contributed by atoms with Crippen molar-refractivity contribution >= 4 is 58.9 Å². The minimum Gasteiger partial charge on any atom is -0.456 e. The van der Waals surface area contributed by atoms with Gasteiger partial charge in [0, 0.05) is 37.7 Å². The highest BCUT2D eigenvalue weighted by Crippen LogP contribution is 2.64. The number of carbonyl (C=O) groups excluding carboxylic acids is 6. The lowest BCUT2D eigenvalue weighted by Gasteiger charge is -2.67. The number of aromatic amines is 2. The molecule has 2 bridgehead atoms. The summed E-state index contributed by atoms with van der Waals surface area (Å²) in [5.41, 5.74) is -5.48. The fourth-order valence-electron chi connectivity index (χ4n) is 11.0. The number of aliphatic hydroxyl groups is 3. The van der Waals surface area contributed by atoms with Crippen molar-refractivity contribution in [2.45, 2.75) is 108 Å². The summed E-state index contributed by atoms with van der Waals surface area (Å²) < 4.78 is 30.8. The van der Waals surface area contributed by atoms with Gasteiger partial charge in [0.1, 0.15) is 29.4 Å². The maximum Gasteiger partial charge on any atom is 0.338 e. The van der Waals surface area contributed by atoms with Crippen LogP contribution in [0.2, 0.25) is 0 Å². The Morgan fingerprint density at radius 1 is 0.847 bits per heavy atom. The summed E-state index contributed by atoms with van der Waals surface area (Å²) >= 11 is 4.91. The van der Waals surface area contributed by atoms with E-state index in [9.17, 15) is 39.3 Å². The van der Waals surface area contributed by atoms with E-state index < -0.39 is 113 Å². The van der Waals surface area contributed by atoms with Gasteiger partial charge in [-0.2, -0.15) is 0 Å². The summed E-state index contributed by atoms with van der Waals surface area (Å²) in [5, 5.41) is 40.2. The second-order valence-corrected chi connectivity index (χ2v) is 19.6. The third-order valence-electron chi connectivity index (χ3n) is 14.7. The summed E-state index contributed by atoms with van der Waals surface area (Å²) in [6, 6.07) is 22.9. The molecule has 1 amide bonds. The quantitative estimate of drug-likeness (QED) is 0.0477. The van der Waals surface area contributed by atoms with Gasteiger partial charge in [-0.15, -0.1) is 0 Å². The molecule has 2 saturated carbocycles. The minimum absolute atomic E-state index is 0.00289. The molecule has 2 aromatic heterocycles. The van der Waals surface area contributed by atoms with Crippen molar-refractivity contribution in [3.05, 3.63) is 136 Å². The van der Waals surface area contributed by atoms with Gasteiger partial charge in [-0.25, -0.2) is 19.6 Å². The summed E-state index contributed by atoms with van der Waals surface area (Å²) in [4.78, 5) is 97.0. The summed E-state index contributed by atoms with van der Waals surface area (Å²) in [5.74, 6) is -6.84. The number of esters is 4. The molecule has 4 aliphatic rings. The molecule has 3 heterocycles. The molecule has 3 aromatic carbocycles. The SMILES string of the molecule is CC(=O)O[C@H]1C(=O)[C@@]2(C)[C@H]([C@H](OC(=O)c3ccccc3)[C@]3(O)C[C@H](OC(=O)[C@H](O)[C@@H](NC(=O)c4ccccc4)c4ccccc4)C(C)=C1C3(C)C)[C@]1(OC(C)=O)CO[C@@H]1C[C@@H]2O.S=c1nc[nH]c2nc[nH]c12. The zero-order chi connectivity index (χ0) is 51.9. The predicted octanol–water partition coefficient (Wildman–Crippen LogP) is 4.75. The van der Waals surface area contributed by atoms with E-state index >= 15 is 4.79 Å². The predicted molar refractivity (Wildman–Crippen MR) is 257 cm³/mol. The Labute approximate surface area is 418 Å². The molecule has 0 unspecified atom stereocenters. The molecule has 5 aromatic rings. The number of aliphatic hydroxyl groups excluding tert-OH is 2. The molecule has 11 atom stereocenters. The first-order valence-corrected chi connectivity index (χ1v) is 23.6. The van der Waals surface area contributed by atoms with E-state index in [-0.39, 0.29) is 35.3 Å². The van der Waals surface area contributed by atoms with E-state index in [0.29, 0.717) is 10.2 Å². The van der Waals surface area contributed by atoms with E-state index in [0.717, 1.165) is 25.0 Å². The number of ketones is 1. The number of Topliss-reactive ketones (excluding diaryl/α,β-unsaturated/α-hetero) is 1. The van der Waals surface area contributed by atoms with E-state index in [4.69, 9.17) is 35.9 Å². The second-order valence-electron chi connectivity index (χ2n) is 19.2. The number of amides is 1. The third kappa shape index (κ3) is 9.01. The van der Waals surface area contributed by atoms with Gasteiger partial charge in [0.2, 0.25) is 0 Å². The summed E-state index contributed by atoms with van der Waals surface area (Å²) in [6.07, 6.45) is -7.40. The van der Waals surface area contributed by atoms with Gasteiger partial charge in [-0.05, 0) is 54.8 Å². The van der Waals surface area contributed by atoms with Crippen molar-refractivity contribution < 1.29 is 67.8 Å². The van der Waals surface area contributed by atoms with Crippen LogP contribution in [0, 0.1) is 21.4 Å². The van der Waals surface area contributed by atoms with Gasteiger partial charge in [-0.1, -0.05) is 92.8 Å². The lowest BCUT2D eigenvalue weighted by molar-refractivity contribution is -0.346. The van der Waals surface area contributed by atoms with Crippen LogP contribution in [0.1, 0.15) is 86.7 Å². The average Bonchev–Trinajstić information content (AvgIpc) is 3.85. The smallest absolute Gasteiger partial charge is 0.338 e. The van der Waals surface area contributed by atoms with Crippen molar-refractivity contribution in [1.82, 2.24) is 25.3 Å². The number of H-pyrrole nitrogens is 2. The molecule has 3 fully saturated rings. The van der Waals surface area contributed by atoms with Crippen LogP contribution in [-0.2, 0) is 42.9 Å². The fraction of sp³-hybridized carbons (Fsp3) is 0.404. The van der Waals surface area contributed by atoms with Gasteiger partial charge >= 0.3 is 23.9 Å². The van der Waals surface area contributed by atoms with Gasteiger partial charge in [0.25, 0.3) is 5.91 Å². The highest BCUT2D eigenvalue weighted by atomic mass is 32.1. The van der Waals surface area contributed by atoms with Crippen molar-refractivity contribution in [3.8, 4) is 0 Å². The number of nitrogens with one attached hydrogen (secondary N) is 3. The van der Waals surface area contributed by atoms with Crippen LogP contribution >= 0.6 is 12.2 Å². The number of hydrogen-bond acceptors (Lipinski definition) is 17. The molecular formula is C52H55N5O14S. The molecule has 19 nitrogen and oxygen atoms in total. The van der Waals surface area contributed by atoms with Crippen LogP contribution in [0.5, 0.6) is 0 Å². The van der Waals surface area contributed by atoms with Crippen molar-refractivity contribution in [2.24, 2.45) is 16.7 Å². The van der Waals surface area contributed by atoms with Crippen molar-refractivity contribution in [2.75, 3.05) is 6.61 Å².